The molecule has 1 N–H and O–H groups in total. The molecule has 0 aromatic carbocycles. The summed E-state index contributed by atoms with van der Waals surface area (Å²) in [6, 6.07) is 0. The van der Waals surface area contributed by atoms with E-state index in [1.165, 1.54) is 0 Å². The third kappa shape index (κ3) is 6.72. The van der Waals surface area contributed by atoms with Gasteiger partial charge in [0, 0.05) is 12.8 Å². The molecule has 0 aliphatic rings. The first-order valence-electron chi connectivity index (χ1n) is 5.06. The zero-order valence-corrected chi connectivity index (χ0v) is 8.58. The Morgan fingerprint density at radius 2 is 2.08 bits per heavy atom. The van der Waals surface area contributed by atoms with Gasteiger partial charge in [-0.1, -0.05) is 33.1 Å². The largest absolute Gasteiger partial charge is 0.300 e. The number of ketones is 1. The Labute approximate surface area is 80.0 Å². The standard InChI is InChI=1S/C10H20O3/c1-3-5-6-7-10(13-12)8-9(11)4-2/h10,12H,3-8H2,1-2H3/t10-/m1/s1. The molecule has 0 spiro atoms. The van der Waals surface area contributed by atoms with Crippen molar-refractivity contribution in [2.45, 2.75) is 58.5 Å². The number of carbonyl (C=O) groups excluding carboxylic acids is 1. The maximum atomic E-state index is 11.0. The van der Waals surface area contributed by atoms with Gasteiger partial charge >= 0.3 is 0 Å². The van der Waals surface area contributed by atoms with E-state index in [1.807, 2.05) is 6.92 Å². The van der Waals surface area contributed by atoms with Crippen LogP contribution < -0.4 is 0 Å². The van der Waals surface area contributed by atoms with Crippen molar-refractivity contribution in [2.24, 2.45) is 0 Å². The molecule has 3 nitrogen and oxygen atoms in total. The third-order valence-corrected chi connectivity index (χ3v) is 2.13. The summed E-state index contributed by atoms with van der Waals surface area (Å²) >= 11 is 0. The van der Waals surface area contributed by atoms with Gasteiger partial charge in [-0.15, -0.1) is 0 Å². The molecular formula is C10H20O3. The fraction of sp³-hybridized carbons (Fsp3) is 0.900. The Balaban J connectivity index is 3.56. The van der Waals surface area contributed by atoms with E-state index in [0.29, 0.717) is 12.8 Å². The zero-order valence-electron chi connectivity index (χ0n) is 8.58. The molecule has 0 fully saturated rings. The minimum Gasteiger partial charge on any atom is -0.300 e. The first kappa shape index (κ1) is 12.6. The lowest BCUT2D eigenvalue weighted by atomic mass is 10.0. The van der Waals surface area contributed by atoms with Crippen LogP contribution in [0, 0.1) is 0 Å². The second-order valence-electron chi connectivity index (χ2n) is 3.32. The van der Waals surface area contributed by atoms with Crippen molar-refractivity contribution in [1.82, 2.24) is 0 Å². The van der Waals surface area contributed by atoms with E-state index in [0.717, 1.165) is 25.7 Å². The lowest BCUT2D eigenvalue weighted by Crippen LogP contribution is -2.15. The van der Waals surface area contributed by atoms with Crippen LogP contribution in [0.1, 0.15) is 52.4 Å². The second kappa shape index (κ2) is 8.20. The maximum absolute atomic E-state index is 11.0. The predicted octanol–water partition coefficient (Wildman–Crippen LogP) is 2.79. The smallest absolute Gasteiger partial charge is 0.135 e. The molecule has 13 heavy (non-hydrogen) atoms. The highest BCUT2D eigenvalue weighted by atomic mass is 17.1. The molecule has 0 rings (SSSR count). The van der Waals surface area contributed by atoms with Crippen LogP contribution in [0.5, 0.6) is 0 Å². The molecular weight excluding hydrogens is 168 g/mol. The summed E-state index contributed by atoms with van der Waals surface area (Å²) in [5.41, 5.74) is 0. The summed E-state index contributed by atoms with van der Waals surface area (Å²) in [6.45, 7) is 3.94. The topological polar surface area (TPSA) is 46.5 Å². The molecule has 1 atom stereocenters. The van der Waals surface area contributed by atoms with E-state index in [1.54, 1.807) is 0 Å². The highest BCUT2D eigenvalue weighted by Gasteiger charge is 2.12. The first-order chi connectivity index (χ1) is 6.24. The Bertz CT molecular complexity index is 134. The van der Waals surface area contributed by atoms with Gasteiger partial charge in [0.1, 0.15) is 5.78 Å². The summed E-state index contributed by atoms with van der Waals surface area (Å²) in [7, 11) is 0. The first-order valence-corrected chi connectivity index (χ1v) is 5.06. The highest BCUT2D eigenvalue weighted by Crippen LogP contribution is 2.10. The summed E-state index contributed by atoms with van der Waals surface area (Å²) in [6.07, 6.45) is 4.62. The van der Waals surface area contributed by atoms with Gasteiger partial charge in [-0.2, -0.15) is 0 Å². The summed E-state index contributed by atoms with van der Waals surface area (Å²) in [5, 5.41) is 8.52. The number of hydrogen-bond donors (Lipinski definition) is 1. The molecule has 0 heterocycles. The van der Waals surface area contributed by atoms with Crippen LogP contribution in [0.15, 0.2) is 0 Å². The Hall–Kier alpha value is -0.410. The van der Waals surface area contributed by atoms with Crippen LogP contribution in [0.4, 0.5) is 0 Å². The van der Waals surface area contributed by atoms with Crippen LogP contribution in [-0.2, 0) is 9.68 Å². The highest BCUT2D eigenvalue weighted by molar-refractivity contribution is 5.78. The minimum absolute atomic E-state index is 0.149. The second-order valence-corrected chi connectivity index (χ2v) is 3.32. The van der Waals surface area contributed by atoms with Gasteiger partial charge in [-0.05, 0) is 6.42 Å². The third-order valence-electron chi connectivity index (χ3n) is 2.13. The molecule has 0 saturated carbocycles. The minimum atomic E-state index is -0.293. The fourth-order valence-corrected chi connectivity index (χ4v) is 1.21. The van der Waals surface area contributed by atoms with Crippen LogP contribution in [0.2, 0.25) is 0 Å². The van der Waals surface area contributed by atoms with Crippen molar-refractivity contribution >= 4 is 5.78 Å². The van der Waals surface area contributed by atoms with Gasteiger partial charge in [0.05, 0.1) is 6.10 Å². The van der Waals surface area contributed by atoms with E-state index >= 15 is 0 Å². The molecule has 0 aliphatic carbocycles. The fourth-order valence-electron chi connectivity index (χ4n) is 1.21. The molecule has 3 heteroatoms. The van der Waals surface area contributed by atoms with E-state index < -0.39 is 0 Å². The quantitative estimate of drug-likeness (QED) is 0.362. The maximum Gasteiger partial charge on any atom is 0.135 e. The van der Waals surface area contributed by atoms with E-state index in [9.17, 15) is 4.79 Å². The zero-order chi connectivity index (χ0) is 10.1. The predicted molar refractivity (Wildman–Crippen MR) is 51.6 cm³/mol. The summed E-state index contributed by atoms with van der Waals surface area (Å²) in [5.74, 6) is 0.149. The Morgan fingerprint density at radius 3 is 2.54 bits per heavy atom. The molecule has 0 radical (unpaired) electrons. The molecule has 0 bridgehead atoms. The summed E-state index contributed by atoms with van der Waals surface area (Å²) in [4.78, 5) is 15.3. The molecule has 0 aliphatic heterocycles. The van der Waals surface area contributed by atoms with Crippen molar-refractivity contribution < 1.29 is 14.9 Å². The van der Waals surface area contributed by atoms with Gasteiger partial charge < -0.3 is 0 Å². The number of Topliss-reactive ketones (excluding diaryl/α,β-unsaturated/α-hetero) is 1. The number of carbonyl (C=O) groups is 1. The van der Waals surface area contributed by atoms with E-state index in [4.69, 9.17) is 5.26 Å². The Kier molecular flexibility index (Phi) is 7.94. The molecule has 0 amide bonds. The normalized spacial score (nSPS) is 12.8. The van der Waals surface area contributed by atoms with Crippen LogP contribution >= 0.6 is 0 Å². The van der Waals surface area contributed by atoms with Crippen molar-refractivity contribution in [2.75, 3.05) is 0 Å². The Morgan fingerprint density at radius 1 is 1.38 bits per heavy atom. The van der Waals surface area contributed by atoms with Crippen molar-refractivity contribution in [3.05, 3.63) is 0 Å². The van der Waals surface area contributed by atoms with Gasteiger partial charge in [0.25, 0.3) is 0 Å². The van der Waals surface area contributed by atoms with Crippen molar-refractivity contribution in [3.63, 3.8) is 0 Å². The number of unbranched alkanes of at least 4 members (excludes halogenated alkanes) is 2. The van der Waals surface area contributed by atoms with Gasteiger partial charge in [0.15, 0.2) is 0 Å². The van der Waals surface area contributed by atoms with Crippen LogP contribution in [0.3, 0.4) is 0 Å². The molecule has 78 valence electrons. The monoisotopic (exact) mass is 188 g/mol. The van der Waals surface area contributed by atoms with Gasteiger partial charge in [-0.3, -0.25) is 10.1 Å². The average molecular weight is 188 g/mol. The summed E-state index contributed by atoms with van der Waals surface area (Å²) < 4.78 is 0. The van der Waals surface area contributed by atoms with Gasteiger partial charge in [0.2, 0.25) is 0 Å². The lowest BCUT2D eigenvalue weighted by molar-refractivity contribution is -0.279. The van der Waals surface area contributed by atoms with Crippen molar-refractivity contribution in [1.29, 1.82) is 0 Å². The van der Waals surface area contributed by atoms with E-state index in [-0.39, 0.29) is 11.9 Å². The van der Waals surface area contributed by atoms with Gasteiger partial charge in [-0.25, -0.2) is 4.89 Å². The molecule has 0 aromatic rings. The van der Waals surface area contributed by atoms with Crippen molar-refractivity contribution in [3.8, 4) is 0 Å². The number of hydrogen-bond acceptors (Lipinski definition) is 3. The molecule has 0 aromatic heterocycles. The average Bonchev–Trinajstić information content (AvgIpc) is 2.16. The SMILES string of the molecule is CCCCC[C@H](CC(=O)CC)OO. The van der Waals surface area contributed by atoms with E-state index in [2.05, 4.69) is 11.8 Å². The molecule has 0 saturated heterocycles. The lowest BCUT2D eigenvalue weighted by Gasteiger charge is -2.11. The molecule has 0 unspecified atom stereocenters. The van der Waals surface area contributed by atoms with Crippen LogP contribution in [0.25, 0.3) is 0 Å². The number of rotatable bonds is 8. The van der Waals surface area contributed by atoms with Crippen LogP contribution in [-0.4, -0.2) is 17.1 Å².